The molecule has 1 aliphatic heterocycles. The average molecular weight is 429 g/mol. The molecule has 1 amide bonds. The van der Waals surface area contributed by atoms with Crippen molar-refractivity contribution in [1.29, 1.82) is 5.26 Å². The van der Waals surface area contributed by atoms with Gasteiger partial charge in [-0.1, -0.05) is 12.1 Å². The molecule has 5 nitrogen and oxygen atoms in total. The molecule has 3 rings (SSSR count). The number of carbonyl (C=O) groups is 1. The van der Waals surface area contributed by atoms with E-state index in [4.69, 9.17) is 5.26 Å². The largest absolute Gasteiger partial charge is 0.368 e. The molecule has 164 valence electrons. The lowest BCUT2D eigenvalue weighted by molar-refractivity contribution is -0.122. The summed E-state index contributed by atoms with van der Waals surface area (Å²) in [4.78, 5) is 18.5. The van der Waals surface area contributed by atoms with E-state index in [0.717, 1.165) is 44.9 Å². The van der Waals surface area contributed by atoms with Gasteiger partial charge in [-0.15, -0.1) is 11.8 Å². The summed E-state index contributed by atoms with van der Waals surface area (Å²) in [5, 5.41) is 11.7. The zero-order chi connectivity index (χ0) is 21.2. The van der Waals surface area contributed by atoms with Crippen molar-refractivity contribution in [2.45, 2.75) is 62.3 Å². The Morgan fingerprint density at radius 1 is 1.17 bits per heavy atom. The first-order chi connectivity index (χ1) is 14.7. The van der Waals surface area contributed by atoms with Crippen LogP contribution in [0.25, 0.3) is 0 Å². The summed E-state index contributed by atoms with van der Waals surface area (Å²) in [6.45, 7) is 5.73. The quantitative estimate of drug-likeness (QED) is 0.470. The number of anilines is 1. The maximum absolute atomic E-state index is 11.9. The topological polar surface area (TPSA) is 59.4 Å². The summed E-state index contributed by atoms with van der Waals surface area (Å²) in [5.41, 5.74) is 1.39. The van der Waals surface area contributed by atoms with Crippen LogP contribution >= 0.6 is 11.8 Å². The van der Waals surface area contributed by atoms with Gasteiger partial charge in [-0.05, 0) is 69.4 Å². The van der Waals surface area contributed by atoms with E-state index in [0.29, 0.717) is 25.3 Å². The second kappa shape index (κ2) is 12.2. The molecule has 1 saturated heterocycles. The number of carbonyl (C=O) groups excluding carboxylic acids is 1. The van der Waals surface area contributed by atoms with E-state index >= 15 is 0 Å². The molecule has 2 aliphatic rings. The van der Waals surface area contributed by atoms with Crippen LogP contribution in [0.3, 0.4) is 0 Å². The summed E-state index contributed by atoms with van der Waals surface area (Å²) >= 11 is 1.83. The highest BCUT2D eigenvalue weighted by Crippen LogP contribution is 2.30. The van der Waals surface area contributed by atoms with Gasteiger partial charge >= 0.3 is 0 Å². The van der Waals surface area contributed by atoms with Crippen LogP contribution in [0.4, 0.5) is 5.69 Å². The lowest BCUT2D eigenvalue weighted by atomic mass is 9.84. The molecular weight excluding hydrogens is 392 g/mol. The van der Waals surface area contributed by atoms with Gasteiger partial charge in [-0.2, -0.15) is 5.26 Å². The Balaban J connectivity index is 1.31. The molecular formula is C24H36N4OS. The Morgan fingerprint density at radius 3 is 2.60 bits per heavy atom. The van der Waals surface area contributed by atoms with E-state index in [9.17, 15) is 4.79 Å². The molecule has 1 saturated carbocycles. The van der Waals surface area contributed by atoms with E-state index in [-0.39, 0.29) is 5.91 Å². The van der Waals surface area contributed by atoms with E-state index < -0.39 is 0 Å². The van der Waals surface area contributed by atoms with Crippen molar-refractivity contribution in [3.8, 4) is 6.07 Å². The third kappa shape index (κ3) is 6.92. The van der Waals surface area contributed by atoms with Crippen LogP contribution < -0.4 is 10.2 Å². The van der Waals surface area contributed by atoms with Gasteiger partial charge in [0.25, 0.3) is 0 Å². The summed E-state index contributed by atoms with van der Waals surface area (Å²) in [5.74, 6) is 0.918. The standard InChI is InChI=1S/C24H36N4OS/c1-30-23-7-3-2-6-22(23)28-18-16-27(17-19-28)15-13-20-9-11-21(12-10-20)26-24(29)8-4-5-14-25/h2-3,6-7,20-21H,4-5,8-13,15-19H2,1H3,(H,26,29)/t20-,21-. The van der Waals surface area contributed by atoms with Crippen LogP contribution in [0.5, 0.6) is 0 Å². The number of nitrogens with one attached hydrogen (secondary N) is 1. The van der Waals surface area contributed by atoms with Crippen molar-refractivity contribution in [1.82, 2.24) is 10.2 Å². The molecule has 0 unspecified atom stereocenters. The molecule has 2 fully saturated rings. The molecule has 1 aromatic carbocycles. The fraction of sp³-hybridized carbons (Fsp3) is 0.667. The van der Waals surface area contributed by atoms with Gasteiger partial charge in [-0.3, -0.25) is 9.69 Å². The Labute approximate surface area is 186 Å². The van der Waals surface area contributed by atoms with Crippen molar-refractivity contribution in [3.05, 3.63) is 24.3 Å². The predicted molar refractivity (Wildman–Crippen MR) is 125 cm³/mol. The second-order valence-corrected chi connectivity index (χ2v) is 9.43. The normalized spacial score (nSPS) is 22.5. The van der Waals surface area contributed by atoms with Crippen LogP contribution in [0.1, 0.15) is 51.4 Å². The molecule has 0 spiro atoms. The molecule has 6 heteroatoms. The number of nitriles is 1. The lowest BCUT2D eigenvalue weighted by Crippen LogP contribution is -2.47. The zero-order valence-electron chi connectivity index (χ0n) is 18.3. The third-order valence-electron chi connectivity index (χ3n) is 6.56. The van der Waals surface area contributed by atoms with Crippen LogP contribution in [-0.4, -0.2) is 55.8 Å². The minimum Gasteiger partial charge on any atom is -0.368 e. The van der Waals surface area contributed by atoms with Crippen molar-refractivity contribution in [2.75, 3.05) is 43.9 Å². The van der Waals surface area contributed by atoms with Crippen molar-refractivity contribution in [3.63, 3.8) is 0 Å². The molecule has 0 radical (unpaired) electrons. The van der Waals surface area contributed by atoms with Gasteiger partial charge in [0, 0.05) is 50.0 Å². The monoisotopic (exact) mass is 428 g/mol. The maximum Gasteiger partial charge on any atom is 0.220 e. The zero-order valence-corrected chi connectivity index (χ0v) is 19.1. The van der Waals surface area contributed by atoms with Gasteiger partial charge in [-0.25, -0.2) is 0 Å². The van der Waals surface area contributed by atoms with E-state index in [1.807, 2.05) is 11.8 Å². The highest BCUT2D eigenvalue weighted by Gasteiger charge is 2.24. The highest BCUT2D eigenvalue weighted by molar-refractivity contribution is 7.98. The van der Waals surface area contributed by atoms with E-state index in [1.54, 1.807) is 0 Å². The first-order valence-electron chi connectivity index (χ1n) is 11.5. The van der Waals surface area contributed by atoms with Crippen molar-refractivity contribution >= 4 is 23.4 Å². The SMILES string of the molecule is CSc1ccccc1N1CCN(CC[C@H]2CC[C@H](NC(=O)CCCC#N)CC2)CC1. The number of hydrogen-bond donors (Lipinski definition) is 1. The lowest BCUT2D eigenvalue weighted by Gasteiger charge is -2.38. The number of rotatable bonds is 9. The van der Waals surface area contributed by atoms with Crippen LogP contribution in [0.15, 0.2) is 29.2 Å². The fourth-order valence-electron chi connectivity index (χ4n) is 4.69. The number of unbranched alkanes of at least 4 members (excludes halogenated alkanes) is 1. The highest BCUT2D eigenvalue weighted by atomic mass is 32.2. The summed E-state index contributed by atoms with van der Waals surface area (Å²) in [6.07, 6.45) is 9.73. The Morgan fingerprint density at radius 2 is 1.90 bits per heavy atom. The Hall–Kier alpha value is -1.71. The minimum atomic E-state index is 0.120. The summed E-state index contributed by atoms with van der Waals surface area (Å²) < 4.78 is 0. The van der Waals surface area contributed by atoms with Crippen LogP contribution in [0, 0.1) is 17.2 Å². The molecule has 1 aliphatic carbocycles. The number of hydrogen-bond acceptors (Lipinski definition) is 5. The second-order valence-electron chi connectivity index (χ2n) is 8.59. The van der Waals surface area contributed by atoms with Gasteiger partial charge in [0.2, 0.25) is 5.91 Å². The Bertz CT molecular complexity index is 703. The Kier molecular flexibility index (Phi) is 9.35. The molecule has 0 bridgehead atoms. The fourth-order valence-corrected chi connectivity index (χ4v) is 5.31. The molecule has 1 heterocycles. The third-order valence-corrected chi connectivity index (χ3v) is 7.34. The smallest absolute Gasteiger partial charge is 0.220 e. The summed E-state index contributed by atoms with van der Waals surface area (Å²) in [7, 11) is 0. The van der Waals surface area contributed by atoms with Gasteiger partial charge < -0.3 is 10.2 Å². The maximum atomic E-state index is 11.9. The molecule has 0 aromatic heterocycles. The molecule has 30 heavy (non-hydrogen) atoms. The number of piperazine rings is 1. The molecule has 1 N–H and O–H groups in total. The molecule has 1 aromatic rings. The van der Waals surface area contributed by atoms with Crippen molar-refractivity contribution < 1.29 is 4.79 Å². The average Bonchev–Trinajstić information content (AvgIpc) is 2.79. The summed E-state index contributed by atoms with van der Waals surface area (Å²) in [6, 6.07) is 11.2. The van der Waals surface area contributed by atoms with Gasteiger partial charge in [0.15, 0.2) is 0 Å². The first kappa shape index (κ1) is 23.0. The number of thioether (sulfide) groups is 1. The minimum absolute atomic E-state index is 0.120. The van der Waals surface area contributed by atoms with E-state index in [2.05, 4.69) is 51.7 Å². The van der Waals surface area contributed by atoms with E-state index in [1.165, 1.54) is 36.4 Å². The predicted octanol–water partition coefficient (Wildman–Crippen LogP) is 4.29. The number of para-hydroxylation sites is 1. The van der Waals surface area contributed by atoms with Crippen LogP contribution in [-0.2, 0) is 4.79 Å². The number of benzene rings is 1. The number of amides is 1. The molecule has 0 atom stereocenters. The van der Waals surface area contributed by atoms with Gasteiger partial charge in [0.05, 0.1) is 11.8 Å². The first-order valence-corrected chi connectivity index (χ1v) is 12.7. The van der Waals surface area contributed by atoms with Crippen LogP contribution in [0.2, 0.25) is 0 Å². The number of nitrogens with zero attached hydrogens (tertiary/aromatic N) is 3. The van der Waals surface area contributed by atoms with Gasteiger partial charge in [0.1, 0.15) is 0 Å². The van der Waals surface area contributed by atoms with Crippen molar-refractivity contribution in [2.24, 2.45) is 5.92 Å².